The minimum atomic E-state index is 0.222. The van der Waals surface area contributed by atoms with Gasteiger partial charge in [0.15, 0.2) is 0 Å². The van der Waals surface area contributed by atoms with Crippen molar-refractivity contribution in [2.75, 3.05) is 6.61 Å². The largest absolute Gasteiger partial charge is 0.508 e. The van der Waals surface area contributed by atoms with Gasteiger partial charge in [0.05, 0.1) is 0 Å². The van der Waals surface area contributed by atoms with Crippen LogP contribution in [0.2, 0.25) is 0 Å². The molecule has 2 atom stereocenters. The summed E-state index contributed by atoms with van der Waals surface area (Å²) < 4.78 is 0. The van der Waals surface area contributed by atoms with E-state index >= 15 is 0 Å². The number of aliphatic hydroxyl groups excluding tert-OH is 1. The average molecular weight is 192 g/mol. The molecule has 14 heavy (non-hydrogen) atoms. The molecule has 0 fully saturated rings. The minimum absolute atomic E-state index is 0.222. The van der Waals surface area contributed by atoms with Crippen molar-refractivity contribution in [1.82, 2.24) is 0 Å². The van der Waals surface area contributed by atoms with Gasteiger partial charge in [-0.15, -0.1) is 0 Å². The zero-order valence-electron chi connectivity index (χ0n) is 8.40. The van der Waals surface area contributed by atoms with Crippen LogP contribution in [0.3, 0.4) is 0 Å². The summed E-state index contributed by atoms with van der Waals surface area (Å²) >= 11 is 0. The Hall–Kier alpha value is -1.02. The van der Waals surface area contributed by atoms with Gasteiger partial charge in [0.1, 0.15) is 5.75 Å². The molecule has 2 heteroatoms. The second-order valence-electron chi connectivity index (χ2n) is 4.19. The molecular weight excluding hydrogens is 176 g/mol. The summed E-state index contributed by atoms with van der Waals surface area (Å²) in [5.41, 5.74) is 2.56. The Morgan fingerprint density at radius 3 is 3.00 bits per heavy atom. The standard InChI is InChI=1S/C12H16O2/c1-8(7-13)11-5-3-9-2-4-10(14)6-12(9)11/h2,4,6,8,11,13-14H,3,5,7H2,1H3. The SMILES string of the molecule is CC(CO)C1CCc2ccc(O)cc21. The van der Waals surface area contributed by atoms with Gasteiger partial charge in [0.25, 0.3) is 0 Å². The van der Waals surface area contributed by atoms with E-state index in [4.69, 9.17) is 5.11 Å². The lowest BCUT2D eigenvalue weighted by Crippen LogP contribution is -2.10. The molecule has 0 heterocycles. The number of phenolic OH excluding ortho intramolecular Hbond substituents is 1. The number of hydrogen-bond donors (Lipinski definition) is 2. The molecule has 2 nitrogen and oxygen atoms in total. The molecule has 0 amide bonds. The lowest BCUT2D eigenvalue weighted by Gasteiger charge is -2.17. The van der Waals surface area contributed by atoms with Crippen molar-refractivity contribution < 1.29 is 10.2 Å². The number of fused-ring (bicyclic) bond motifs is 1. The molecule has 2 unspecified atom stereocenters. The number of hydrogen-bond acceptors (Lipinski definition) is 2. The topological polar surface area (TPSA) is 40.5 Å². The zero-order chi connectivity index (χ0) is 10.1. The first-order chi connectivity index (χ1) is 6.72. The van der Waals surface area contributed by atoms with Crippen LogP contribution in [0.5, 0.6) is 5.75 Å². The van der Waals surface area contributed by atoms with Crippen molar-refractivity contribution in [2.24, 2.45) is 5.92 Å². The van der Waals surface area contributed by atoms with E-state index in [1.165, 1.54) is 11.1 Å². The highest BCUT2D eigenvalue weighted by molar-refractivity contribution is 5.40. The third-order valence-corrected chi connectivity index (χ3v) is 3.23. The van der Waals surface area contributed by atoms with E-state index in [0.29, 0.717) is 11.7 Å². The lowest BCUT2D eigenvalue weighted by molar-refractivity contribution is 0.215. The van der Waals surface area contributed by atoms with Crippen molar-refractivity contribution in [3.8, 4) is 5.75 Å². The highest BCUT2D eigenvalue weighted by Gasteiger charge is 2.26. The molecule has 0 radical (unpaired) electrons. The van der Waals surface area contributed by atoms with Crippen LogP contribution in [0.15, 0.2) is 18.2 Å². The van der Waals surface area contributed by atoms with Gasteiger partial charge in [-0.1, -0.05) is 13.0 Å². The van der Waals surface area contributed by atoms with Crippen LogP contribution >= 0.6 is 0 Å². The van der Waals surface area contributed by atoms with E-state index in [0.717, 1.165) is 12.8 Å². The van der Waals surface area contributed by atoms with Gasteiger partial charge in [-0.2, -0.15) is 0 Å². The summed E-state index contributed by atoms with van der Waals surface area (Å²) in [4.78, 5) is 0. The number of phenols is 1. The van der Waals surface area contributed by atoms with Crippen LogP contribution in [0.25, 0.3) is 0 Å². The molecule has 0 saturated heterocycles. The Labute approximate surface area is 84.2 Å². The van der Waals surface area contributed by atoms with Gasteiger partial charge in [0.2, 0.25) is 0 Å². The number of benzene rings is 1. The van der Waals surface area contributed by atoms with E-state index in [2.05, 4.69) is 6.92 Å². The summed E-state index contributed by atoms with van der Waals surface area (Å²) in [6, 6.07) is 5.58. The van der Waals surface area contributed by atoms with Gasteiger partial charge < -0.3 is 10.2 Å². The monoisotopic (exact) mass is 192 g/mol. The Kier molecular flexibility index (Phi) is 2.46. The van der Waals surface area contributed by atoms with Gasteiger partial charge in [0, 0.05) is 6.61 Å². The molecule has 1 aromatic rings. The predicted molar refractivity (Wildman–Crippen MR) is 55.4 cm³/mol. The molecular formula is C12H16O2. The Balaban J connectivity index is 2.33. The number of rotatable bonds is 2. The quantitative estimate of drug-likeness (QED) is 0.753. The molecule has 0 spiro atoms. The van der Waals surface area contributed by atoms with Crippen molar-refractivity contribution in [3.63, 3.8) is 0 Å². The van der Waals surface area contributed by atoms with Crippen LogP contribution < -0.4 is 0 Å². The Morgan fingerprint density at radius 1 is 1.50 bits per heavy atom. The van der Waals surface area contributed by atoms with Gasteiger partial charge >= 0.3 is 0 Å². The molecule has 0 aliphatic heterocycles. The second kappa shape index (κ2) is 3.62. The van der Waals surface area contributed by atoms with Crippen molar-refractivity contribution >= 4 is 0 Å². The summed E-state index contributed by atoms with van der Waals surface area (Å²) in [6.07, 6.45) is 2.17. The van der Waals surface area contributed by atoms with Crippen LogP contribution in [-0.4, -0.2) is 16.8 Å². The maximum Gasteiger partial charge on any atom is 0.115 e. The highest BCUT2D eigenvalue weighted by atomic mass is 16.3. The van der Waals surface area contributed by atoms with Gasteiger partial charge in [-0.25, -0.2) is 0 Å². The third kappa shape index (κ3) is 1.50. The van der Waals surface area contributed by atoms with Gasteiger partial charge in [-0.05, 0) is 47.9 Å². The first-order valence-corrected chi connectivity index (χ1v) is 5.15. The maximum atomic E-state index is 9.41. The fraction of sp³-hybridized carbons (Fsp3) is 0.500. The van der Waals surface area contributed by atoms with Gasteiger partial charge in [-0.3, -0.25) is 0 Å². The third-order valence-electron chi connectivity index (χ3n) is 3.23. The maximum absolute atomic E-state index is 9.41. The summed E-state index contributed by atoms with van der Waals surface area (Å²) in [6.45, 7) is 2.28. The van der Waals surface area contributed by atoms with E-state index in [9.17, 15) is 5.11 Å². The predicted octanol–water partition coefficient (Wildman–Crippen LogP) is 2.05. The van der Waals surface area contributed by atoms with Crippen molar-refractivity contribution in [3.05, 3.63) is 29.3 Å². The average Bonchev–Trinajstić information content (AvgIpc) is 2.59. The summed E-state index contributed by atoms with van der Waals surface area (Å²) in [7, 11) is 0. The molecule has 76 valence electrons. The normalized spacial score (nSPS) is 22.0. The fourth-order valence-corrected chi connectivity index (χ4v) is 2.34. The summed E-state index contributed by atoms with van der Waals surface area (Å²) in [5, 5.41) is 18.5. The first kappa shape index (κ1) is 9.53. The minimum Gasteiger partial charge on any atom is -0.508 e. The highest BCUT2D eigenvalue weighted by Crippen LogP contribution is 2.39. The first-order valence-electron chi connectivity index (χ1n) is 5.15. The van der Waals surface area contributed by atoms with E-state index in [1.54, 1.807) is 6.07 Å². The van der Waals surface area contributed by atoms with E-state index in [1.807, 2.05) is 12.1 Å². The summed E-state index contributed by atoms with van der Waals surface area (Å²) in [5.74, 6) is 1.04. The van der Waals surface area contributed by atoms with Crippen LogP contribution in [-0.2, 0) is 6.42 Å². The second-order valence-corrected chi connectivity index (χ2v) is 4.19. The smallest absolute Gasteiger partial charge is 0.115 e. The van der Waals surface area contributed by atoms with Crippen LogP contribution in [0.1, 0.15) is 30.4 Å². The number of aliphatic hydroxyl groups is 1. The molecule has 2 N–H and O–H groups in total. The molecule has 1 aliphatic rings. The van der Waals surface area contributed by atoms with Crippen molar-refractivity contribution in [1.29, 1.82) is 0 Å². The molecule has 1 aromatic carbocycles. The number of aryl methyl sites for hydroxylation is 1. The Morgan fingerprint density at radius 2 is 2.29 bits per heavy atom. The molecule has 0 saturated carbocycles. The molecule has 0 bridgehead atoms. The van der Waals surface area contributed by atoms with Crippen LogP contribution in [0, 0.1) is 5.92 Å². The lowest BCUT2D eigenvalue weighted by atomic mass is 9.89. The van der Waals surface area contributed by atoms with E-state index in [-0.39, 0.29) is 12.5 Å². The van der Waals surface area contributed by atoms with Crippen LogP contribution in [0.4, 0.5) is 0 Å². The molecule has 2 rings (SSSR count). The Bertz CT molecular complexity index is 333. The molecule has 0 aromatic heterocycles. The fourth-order valence-electron chi connectivity index (χ4n) is 2.34. The molecule has 1 aliphatic carbocycles. The zero-order valence-corrected chi connectivity index (χ0v) is 8.40. The van der Waals surface area contributed by atoms with Crippen molar-refractivity contribution in [2.45, 2.75) is 25.7 Å². The van der Waals surface area contributed by atoms with E-state index < -0.39 is 0 Å². The number of aromatic hydroxyl groups is 1.